The lowest BCUT2D eigenvalue weighted by atomic mass is 10.0. The second kappa shape index (κ2) is 9.85. The normalized spacial score (nSPS) is 11.1. The molecule has 0 aliphatic heterocycles. The molecular formula is C26H22N4. The number of nitrogens with one attached hydrogen (secondary N) is 2. The molecule has 0 bridgehead atoms. The van der Waals surface area contributed by atoms with E-state index in [-0.39, 0.29) is 0 Å². The lowest BCUT2D eigenvalue weighted by molar-refractivity contribution is 1.35. The molecule has 0 aromatic heterocycles. The van der Waals surface area contributed by atoms with Crippen LogP contribution in [-0.2, 0) is 0 Å². The molecule has 0 saturated heterocycles. The molecular weight excluding hydrogens is 368 g/mol. The number of anilines is 2. The van der Waals surface area contributed by atoms with Crippen LogP contribution in [0.1, 0.15) is 11.1 Å². The van der Waals surface area contributed by atoms with E-state index >= 15 is 0 Å². The molecule has 0 atom stereocenters. The average molecular weight is 390 g/mol. The number of nitrogens with zero attached hydrogens (tertiary/aromatic N) is 2. The molecule has 0 unspecified atom stereocenters. The Hall–Kier alpha value is -4.18. The summed E-state index contributed by atoms with van der Waals surface area (Å²) in [6.45, 7) is 0. The van der Waals surface area contributed by atoms with Gasteiger partial charge in [-0.05, 0) is 46.5 Å². The third-order valence-corrected chi connectivity index (χ3v) is 4.52. The van der Waals surface area contributed by atoms with Crippen molar-refractivity contribution in [1.82, 2.24) is 0 Å². The van der Waals surface area contributed by atoms with Crippen LogP contribution < -0.4 is 10.9 Å². The highest BCUT2D eigenvalue weighted by Gasteiger charge is 1.98. The minimum atomic E-state index is 0.966. The highest BCUT2D eigenvalue weighted by atomic mass is 15.3. The quantitative estimate of drug-likeness (QED) is 0.290. The minimum Gasteiger partial charge on any atom is -0.279 e. The molecule has 0 saturated carbocycles. The third kappa shape index (κ3) is 5.42. The summed E-state index contributed by atoms with van der Waals surface area (Å²) >= 11 is 0. The predicted octanol–water partition coefficient (Wildman–Crippen LogP) is 6.25. The van der Waals surface area contributed by atoms with E-state index in [1.54, 1.807) is 0 Å². The van der Waals surface area contributed by atoms with Gasteiger partial charge < -0.3 is 0 Å². The van der Waals surface area contributed by atoms with Crippen LogP contribution in [0.5, 0.6) is 0 Å². The Labute approximate surface area is 176 Å². The van der Waals surface area contributed by atoms with Crippen molar-refractivity contribution in [2.75, 3.05) is 10.9 Å². The van der Waals surface area contributed by atoms with E-state index in [2.05, 4.69) is 69.6 Å². The first kappa shape index (κ1) is 19.2. The highest BCUT2D eigenvalue weighted by Crippen LogP contribution is 2.20. The van der Waals surface area contributed by atoms with Crippen molar-refractivity contribution in [3.63, 3.8) is 0 Å². The Kier molecular flexibility index (Phi) is 6.28. The molecule has 0 aliphatic carbocycles. The van der Waals surface area contributed by atoms with E-state index in [0.29, 0.717) is 0 Å². The fraction of sp³-hybridized carbons (Fsp3) is 0. The molecule has 2 N–H and O–H groups in total. The van der Waals surface area contributed by atoms with Gasteiger partial charge in [0, 0.05) is 0 Å². The molecule has 146 valence electrons. The van der Waals surface area contributed by atoms with Gasteiger partial charge in [-0.2, -0.15) is 10.2 Å². The molecule has 0 spiro atoms. The number of hydrogen-bond acceptors (Lipinski definition) is 4. The van der Waals surface area contributed by atoms with E-state index in [4.69, 9.17) is 0 Å². The Morgan fingerprint density at radius 3 is 1.17 bits per heavy atom. The van der Waals surface area contributed by atoms with Crippen LogP contribution in [0.3, 0.4) is 0 Å². The van der Waals surface area contributed by atoms with Crippen molar-refractivity contribution in [2.24, 2.45) is 10.2 Å². The lowest BCUT2D eigenvalue weighted by Gasteiger charge is -2.04. The zero-order chi connectivity index (χ0) is 20.4. The second-order valence-electron chi connectivity index (χ2n) is 6.72. The van der Waals surface area contributed by atoms with Crippen molar-refractivity contribution >= 4 is 23.8 Å². The topological polar surface area (TPSA) is 48.8 Å². The first-order valence-corrected chi connectivity index (χ1v) is 9.76. The summed E-state index contributed by atoms with van der Waals surface area (Å²) in [5.41, 5.74) is 12.4. The zero-order valence-electron chi connectivity index (χ0n) is 16.4. The van der Waals surface area contributed by atoms with Gasteiger partial charge in [0.2, 0.25) is 0 Å². The predicted molar refractivity (Wildman–Crippen MR) is 127 cm³/mol. The lowest BCUT2D eigenvalue weighted by Crippen LogP contribution is -1.91. The summed E-state index contributed by atoms with van der Waals surface area (Å²) in [5.74, 6) is 0. The van der Waals surface area contributed by atoms with Gasteiger partial charge in [0.15, 0.2) is 0 Å². The maximum Gasteiger partial charge on any atom is 0.0561 e. The first-order valence-electron chi connectivity index (χ1n) is 9.76. The molecule has 0 amide bonds. The van der Waals surface area contributed by atoms with Gasteiger partial charge >= 0.3 is 0 Å². The Morgan fingerprint density at radius 1 is 0.433 bits per heavy atom. The standard InChI is InChI=1S/C26H22N4/c1-3-7-25(8-4-1)29-27-19-21-11-15-23(16-12-21)24-17-13-22(14-18-24)20-28-30-26-9-5-2-6-10-26/h1-20,29-30H/b27-19+,28-20+. The summed E-state index contributed by atoms with van der Waals surface area (Å²) in [5, 5.41) is 8.56. The first-order chi connectivity index (χ1) is 14.9. The monoisotopic (exact) mass is 390 g/mol. The van der Waals surface area contributed by atoms with Crippen LogP contribution in [0, 0.1) is 0 Å². The fourth-order valence-electron chi connectivity index (χ4n) is 2.91. The average Bonchev–Trinajstić information content (AvgIpc) is 2.82. The maximum absolute atomic E-state index is 4.28. The molecule has 4 nitrogen and oxygen atoms in total. The van der Waals surface area contributed by atoms with Gasteiger partial charge in [0.05, 0.1) is 23.8 Å². The highest BCUT2D eigenvalue weighted by molar-refractivity contribution is 5.83. The third-order valence-electron chi connectivity index (χ3n) is 4.52. The Bertz CT molecular complexity index is 1010. The molecule has 4 aromatic rings. The van der Waals surface area contributed by atoms with Crippen LogP contribution in [0.25, 0.3) is 11.1 Å². The van der Waals surface area contributed by atoms with Crippen LogP contribution >= 0.6 is 0 Å². The smallest absolute Gasteiger partial charge is 0.0561 e. The van der Waals surface area contributed by atoms with Crippen LogP contribution in [-0.4, -0.2) is 12.4 Å². The summed E-state index contributed by atoms with van der Waals surface area (Å²) < 4.78 is 0. The zero-order valence-corrected chi connectivity index (χ0v) is 16.4. The molecule has 0 fully saturated rings. The van der Waals surface area contributed by atoms with Crippen molar-refractivity contribution in [3.05, 3.63) is 120 Å². The van der Waals surface area contributed by atoms with E-state index in [1.807, 2.05) is 73.1 Å². The van der Waals surface area contributed by atoms with Crippen molar-refractivity contribution in [1.29, 1.82) is 0 Å². The summed E-state index contributed by atoms with van der Waals surface area (Å²) in [4.78, 5) is 0. The molecule has 30 heavy (non-hydrogen) atoms. The van der Waals surface area contributed by atoms with Gasteiger partial charge in [-0.15, -0.1) is 0 Å². The molecule has 4 heteroatoms. The number of hydrazone groups is 2. The van der Waals surface area contributed by atoms with Crippen LogP contribution in [0.2, 0.25) is 0 Å². The van der Waals surface area contributed by atoms with Crippen molar-refractivity contribution < 1.29 is 0 Å². The molecule has 0 heterocycles. The molecule has 0 aliphatic rings. The minimum absolute atomic E-state index is 0.966. The SMILES string of the molecule is C(=N\Nc1ccccc1)/c1ccc(-c2ccc(/C=N/Nc3ccccc3)cc2)cc1. The number of hydrogen-bond donors (Lipinski definition) is 2. The maximum atomic E-state index is 4.28. The van der Waals surface area contributed by atoms with E-state index < -0.39 is 0 Å². The number of rotatable bonds is 7. The molecule has 4 aromatic carbocycles. The summed E-state index contributed by atoms with van der Waals surface area (Å²) in [6.07, 6.45) is 3.63. The van der Waals surface area contributed by atoms with Gasteiger partial charge in [-0.1, -0.05) is 84.9 Å². The Morgan fingerprint density at radius 2 is 0.800 bits per heavy atom. The summed E-state index contributed by atoms with van der Waals surface area (Å²) in [6, 6.07) is 36.4. The second-order valence-corrected chi connectivity index (χ2v) is 6.72. The van der Waals surface area contributed by atoms with Crippen molar-refractivity contribution in [2.45, 2.75) is 0 Å². The summed E-state index contributed by atoms with van der Waals surface area (Å²) in [7, 11) is 0. The van der Waals surface area contributed by atoms with Crippen molar-refractivity contribution in [3.8, 4) is 11.1 Å². The van der Waals surface area contributed by atoms with Crippen LogP contribution in [0.4, 0.5) is 11.4 Å². The van der Waals surface area contributed by atoms with Gasteiger partial charge in [-0.3, -0.25) is 10.9 Å². The van der Waals surface area contributed by atoms with Gasteiger partial charge in [0.25, 0.3) is 0 Å². The molecule has 4 rings (SSSR count). The van der Waals surface area contributed by atoms with E-state index in [1.165, 1.54) is 0 Å². The number of benzene rings is 4. The Balaban J connectivity index is 1.34. The number of para-hydroxylation sites is 2. The van der Waals surface area contributed by atoms with E-state index in [0.717, 1.165) is 33.6 Å². The van der Waals surface area contributed by atoms with Gasteiger partial charge in [-0.25, -0.2) is 0 Å². The largest absolute Gasteiger partial charge is 0.279 e. The molecule has 0 radical (unpaired) electrons. The van der Waals surface area contributed by atoms with Gasteiger partial charge in [0.1, 0.15) is 0 Å². The van der Waals surface area contributed by atoms with E-state index in [9.17, 15) is 0 Å². The van der Waals surface area contributed by atoms with Crippen LogP contribution in [0.15, 0.2) is 119 Å². The fourth-order valence-corrected chi connectivity index (χ4v) is 2.91.